The maximum atomic E-state index is 12.5. The molecule has 2 fully saturated rings. The van der Waals surface area contributed by atoms with E-state index in [1.54, 1.807) is 7.11 Å². The summed E-state index contributed by atoms with van der Waals surface area (Å²) in [6, 6.07) is 0. The van der Waals surface area contributed by atoms with Crippen LogP contribution in [0.2, 0.25) is 0 Å². The average Bonchev–Trinajstić information content (AvgIpc) is 3.04. The van der Waals surface area contributed by atoms with Gasteiger partial charge in [-0.15, -0.1) is 0 Å². The Morgan fingerprint density at radius 1 is 1.36 bits per heavy atom. The first-order valence-electron chi connectivity index (χ1n) is 8.02. The maximum absolute atomic E-state index is 12.5. The molecule has 0 spiro atoms. The van der Waals surface area contributed by atoms with Gasteiger partial charge in [0.25, 0.3) is 0 Å². The third-order valence-corrected chi connectivity index (χ3v) is 4.47. The molecule has 2 aliphatic rings. The molecule has 122 valence electrons. The summed E-state index contributed by atoms with van der Waals surface area (Å²) in [6.45, 7) is 7.77. The van der Waals surface area contributed by atoms with Crippen LogP contribution in [0, 0.1) is 11.3 Å². The minimum atomic E-state index is -0.374. The molecular weight excluding hydrogens is 282 g/mol. The lowest BCUT2D eigenvalue weighted by Crippen LogP contribution is -2.38. The fourth-order valence-corrected chi connectivity index (χ4v) is 3.08. The number of ether oxygens (including phenoxy) is 1. The number of carbonyl (C=O) groups is 1. The Hall–Kier alpha value is -1.43. The Morgan fingerprint density at radius 2 is 2.09 bits per heavy atom. The maximum Gasteiger partial charge on any atom is 0.231 e. The quantitative estimate of drug-likeness (QED) is 0.853. The standard InChI is InChI=1S/C16H25N3O3/c1-16(2,3)15(20)19-7-11(9-21-4)12(8-19)14-17-13(18-22-14)10-5-6-10/h10-12H,5-9H2,1-4H3. The van der Waals surface area contributed by atoms with Crippen LogP contribution in [0.15, 0.2) is 4.52 Å². The number of amides is 1. The van der Waals surface area contributed by atoms with Gasteiger partial charge in [-0.25, -0.2) is 0 Å². The van der Waals surface area contributed by atoms with Crippen LogP contribution in [0.5, 0.6) is 0 Å². The lowest BCUT2D eigenvalue weighted by atomic mass is 9.95. The van der Waals surface area contributed by atoms with Crippen LogP contribution in [0.25, 0.3) is 0 Å². The molecule has 1 aromatic heterocycles. The molecule has 1 aliphatic heterocycles. The van der Waals surface area contributed by atoms with Crippen LogP contribution in [-0.2, 0) is 9.53 Å². The van der Waals surface area contributed by atoms with Crippen molar-refractivity contribution in [3.05, 3.63) is 11.7 Å². The highest BCUT2D eigenvalue weighted by Crippen LogP contribution is 2.40. The van der Waals surface area contributed by atoms with Crippen LogP contribution in [0.3, 0.4) is 0 Å². The van der Waals surface area contributed by atoms with Crippen molar-refractivity contribution < 1.29 is 14.1 Å². The van der Waals surface area contributed by atoms with Crippen molar-refractivity contribution in [1.82, 2.24) is 15.0 Å². The molecule has 6 nitrogen and oxygen atoms in total. The van der Waals surface area contributed by atoms with Gasteiger partial charge >= 0.3 is 0 Å². The number of aromatic nitrogens is 2. The Bertz CT molecular complexity index is 545. The molecule has 1 amide bonds. The van der Waals surface area contributed by atoms with Gasteiger partial charge in [-0.3, -0.25) is 4.79 Å². The molecule has 1 saturated carbocycles. The molecule has 1 aromatic rings. The summed E-state index contributed by atoms with van der Waals surface area (Å²) in [4.78, 5) is 19.0. The number of carbonyl (C=O) groups excluding carboxylic acids is 1. The molecule has 0 N–H and O–H groups in total. The van der Waals surface area contributed by atoms with Crippen molar-refractivity contribution in [1.29, 1.82) is 0 Å². The SMILES string of the molecule is COCC1CN(C(=O)C(C)(C)C)CC1c1nc(C2CC2)no1. The van der Waals surface area contributed by atoms with E-state index in [1.807, 2.05) is 25.7 Å². The zero-order valence-electron chi connectivity index (χ0n) is 13.8. The molecule has 22 heavy (non-hydrogen) atoms. The lowest BCUT2D eigenvalue weighted by molar-refractivity contribution is -0.138. The van der Waals surface area contributed by atoms with Gasteiger partial charge in [-0.05, 0) is 12.8 Å². The number of nitrogens with zero attached hydrogens (tertiary/aromatic N) is 3. The van der Waals surface area contributed by atoms with Gasteiger partial charge in [0.1, 0.15) is 0 Å². The zero-order valence-corrected chi connectivity index (χ0v) is 13.8. The Morgan fingerprint density at radius 3 is 2.68 bits per heavy atom. The average molecular weight is 307 g/mol. The third kappa shape index (κ3) is 3.02. The molecular formula is C16H25N3O3. The van der Waals surface area contributed by atoms with Gasteiger partial charge in [0, 0.05) is 37.5 Å². The Balaban J connectivity index is 1.77. The van der Waals surface area contributed by atoms with Crippen LogP contribution in [-0.4, -0.2) is 47.8 Å². The van der Waals surface area contributed by atoms with Crippen LogP contribution in [0.1, 0.15) is 57.2 Å². The molecule has 0 bridgehead atoms. The van der Waals surface area contributed by atoms with E-state index in [0.717, 1.165) is 18.7 Å². The van der Waals surface area contributed by atoms with Gasteiger partial charge in [0.05, 0.1) is 12.5 Å². The minimum Gasteiger partial charge on any atom is -0.384 e. The highest BCUT2D eigenvalue weighted by Gasteiger charge is 2.42. The second-order valence-electron chi connectivity index (χ2n) is 7.55. The lowest BCUT2D eigenvalue weighted by Gasteiger charge is -2.25. The highest BCUT2D eigenvalue weighted by atomic mass is 16.5. The second kappa shape index (κ2) is 5.65. The van der Waals surface area contributed by atoms with Crippen molar-refractivity contribution in [2.75, 3.05) is 26.8 Å². The monoisotopic (exact) mass is 307 g/mol. The molecule has 1 aliphatic carbocycles. The molecule has 0 aromatic carbocycles. The molecule has 2 unspecified atom stereocenters. The van der Waals surface area contributed by atoms with Gasteiger partial charge < -0.3 is 14.2 Å². The predicted octanol–water partition coefficient (Wildman–Crippen LogP) is 2.18. The number of hydrogen-bond donors (Lipinski definition) is 0. The highest BCUT2D eigenvalue weighted by molar-refractivity contribution is 5.81. The summed E-state index contributed by atoms with van der Waals surface area (Å²) in [6.07, 6.45) is 2.31. The van der Waals surface area contributed by atoms with Crippen molar-refractivity contribution in [3.63, 3.8) is 0 Å². The van der Waals surface area contributed by atoms with Crippen LogP contribution < -0.4 is 0 Å². The summed E-state index contributed by atoms with van der Waals surface area (Å²) < 4.78 is 10.8. The molecule has 0 radical (unpaired) electrons. The number of likely N-dealkylation sites (tertiary alicyclic amines) is 1. The topological polar surface area (TPSA) is 68.5 Å². The van der Waals surface area contributed by atoms with E-state index in [-0.39, 0.29) is 23.2 Å². The molecule has 2 heterocycles. The summed E-state index contributed by atoms with van der Waals surface area (Å²) in [5.41, 5.74) is -0.374. The van der Waals surface area contributed by atoms with E-state index in [9.17, 15) is 4.79 Å². The summed E-state index contributed by atoms with van der Waals surface area (Å²) >= 11 is 0. The molecule has 1 saturated heterocycles. The number of hydrogen-bond acceptors (Lipinski definition) is 5. The second-order valence-corrected chi connectivity index (χ2v) is 7.55. The third-order valence-electron chi connectivity index (χ3n) is 4.47. The van der Waals surface area contributed by atoms with Crippen molar-refractivity contribution >= 4 is 5.91 Å². The van der Waals surface area contributed by atoms with Gasteiger partial charge in [0.2, 0.25) is 11.8 Å². The fourth-order valence-electron chi connectivity index (χ4n) is 3.08. The first-order valence-corrected chi connectivity index (χ1v) is 8.02. The van der Waals surface area contributed by atoms with E-state index in [2.05, 4.69) is 10.1 Å². The van der Waals surface area contributed by atoms with Gasteiger partial charge in [-0.1, -0.05) is 25.9 Å². The van der Waals surface area contributed by atoms with Crippen LogP contribution in [0.4, 0.5) is 0 Å². The summed E-state index contributed by atoms with van der Waals surface area (Å²) in [5.74, 6) is 2.42. The molecule has 6 heteroatoms. The summed E-state index contributed by atoms with van der Waals surface area (Å²) in [7, 11) is 1.69. The van der Waals surface area contributed by atoms with Gasteiger partial charge in [0.15, 0.2) is 5.82 Å². The van der Waals surface area contributed by atoms with Crippen molar-refractivity contribution in [2.45, 2.75) is 45.4 Å². The van der Waals surface area contributed by atoms with E-state index < -0.39 is 0 Å². The summed E-state index contributed by atoms with van der Waals surface area (Å²) in [5, 5.41) is 4.11. The predicted molar refractivity (Wildman–Crippen MR) is 80.4 cm³/mol. The van der Waals surface area contributed by atoms with Crippen LogP contribution >= 0.6 is 0 Å². The Labute approximate surface area is 131 Å². The van der Waals surface area contributed by atoms with E-state index in [1.165, 1.54) is 0 Å². The smallest absolute Gasteiger partial charge is 0.231 e. The Kier molecular flexibility index (Phi) is 3.97. The normalized spacial score (nSPS) is 25.7. The number of rotatable bonds is 4. The zero-order chi connectivity index (χ0) is 15.9. The van der Waals surface area contributed by atoms with E-state index in [4.69, 9.17) is 9.26 Å². The van der Waals surface area contributed by atoms with Gasteiger partial charge in [-0.2, -0.15) is 4.98 Å². The van der Waals surface area contributed by atoms with E-state index in [0.29, 0.717) is 31.5 Å². The molecule has 3 rings (SSSR count). The first-order chi connectivity index (χ1) is 10.4. The minimum absolute atomic E-state index is 0.0752. The van der Waals surface area contributed by atoms with Crippen molar-refractivity contribution in [2.24, 2.45) is 11.3 Å². The largest absolute Gasteiger partial charge is 0.384 e. The fraction of sp³-hybridized carbons (Fsp3) is 0.812. The van der Waals surface area contributed by atoms with Crippen molar-refractivity contribution in [3.8, 4) is 0 Å². The van der Waals surface area contributed by atoms with E-state index >= 15 is 0 Å². The molecule has 2 atom stereocenters. The first kappa shape index (κ1) is 15.5. The number of methoxy groups -OCH3 is 1.